The average molecular weight is 431 g/mol. The molecule has 0 saturated carbocycles. The minimum Gasteiger partial charge on any atom is -0.441 e. The number of benzene rings is 1. The zero-order chi connectivity index (χ0) is 22.2. The first-order valence-electron chi connectivity index (χ1n) is 10.7. The lowest BCUT2D eigenvalue weighted by Crippen LogP contribution is -3.04. The van der Waals surface area contributed by atoms with Gasteiger partial charge in [0, 0.05) is 5.69 Å². The molecule has 168 valence electrons. The van der Waals surface area contributed by atoms with Crippen LogP contribution in [0.4, 0.5) is 10.5 Å². The van der Waals surface area contributed by atoms with Crippen molar-refractivity contribution in [1.82, 2.24) is 15.0 Å². The van der Waals surface area contributed by atoms with Gasteiger partial charge in [-0.2, -0.15) is 0 Å². The van der Waals surface area contributed by atoms with Crippen LogP contribution in [0, 0.1) is 0 Å². The molecule has 1 amide bonds. The quantitative estimate of drug-likeness (QED) is 0.740. The molecule has 0 unspecified atom stereocenters. The third kappa shape index (κ3) is 4.89. The summed E-state index contributed by atoms with van der Waals surface area (Å²) >= 11 is 0. The van der Waals surface area contributed by atoms with E-state index < -0.39 is 12.2 Å². The van der Waals surface area contributed by atoms with Gasteiger partial charge in [-0.1, -0.05) is 38.1 Å². The maximum Gasteiger partial charge on any atom is 0.412 e. The van der Waals surface area contributed by atoms with Gasteiger partial charge in [0.2, 0.25) is 0 Å². The van der Waals surface area contributed by atoms with E-state index in [1.54, 1.807) is 0 Å². The fourth-order valence-corrected chi connectivity index (χ4v) is 4.03. The summed E-state index contributed by atoms with van der Waals surface area (Å²) in [6, 6.07) is 7.72. The van der Waals surface area contributed by atoms with Gasteiger partial charge in [-0.05, 0) is 23.1 Å². The van der Waals surface area contributed by atoms with E-state index in [1.807, 2.05) is 35.1 Å². The summed E-state index contributed by atoms with van der Waals surface area (Å²) in [5.74, 6) is 0. The number of carbonyl (C=O) groups is 1. The van der Waals surface area contributed by atoms with Crippen molar-refractivity contribution < 1.29 is 23.9 Å². The smallest absolute Gasteiger partial charge is 0.412 e. The Bertz CT molecular complexity index is 905. The Labute approximate surface area is 182 Å². The third-order valence-electron chi connectivity index (χ3n) is 5.67. The van der Waals surface area contributed by atoms with Crippen LogP contribution in [0.15, 0.2) is 30.5 Å². The Morgan fingerprint density at radius 2 is 1.90 bits per heavy atom. The second kappa shape index (κ2) is 8.57. The highest BCUT2D eigenvalue weighted by atomic mass is 16.6. The maximum atomic E-state index is 12.4. The van der Waals surface area contributed by atoms with E-state index in [0.29, 0.717) is 18.9 Å². The van der Waals surface area contributed by atoms with Crippen molar-refractivity contribution in [2.75, 3.05) is 32.6 Å². The molecule has 0 spiro atoms. The Hall–Kier alpha value is -2.49. The molecule has 4 rings (SSSR count). The second-order valence-corrected chi connectivity index (χ2v) is 9.63. The predicted molar refractivity (Wildman–Crippen MR) is 114 cm³/mol. The van der Waals surface area contributed by atoms with Crippen LogP contribution >= 0.6 is 0 Å². The van der Waals surface area contributed by atoms with Crippen LogP contribution in [0.3, 0.4) is 0 Å². The van der Waals surface area contributed by atoms with Gasteiger partial charge in [-0.3, -0.25) is 5.32 Å². The highest BCUT2D eigenvalue weighted by Crippen LogP contribution is 2.35. The van der Waals surface area contributed by atoms with Crippen LogP contribution in [0.2, 0.25) is 0 Å². The Balaban J connectivity index is 1.33. The fourth-order valence-electron chi connectivity index (χ4n) is 4.03. The number of anilines is 1. The molecule has 31 heavy (non-hydrogen) atoms. The highest BCUT2D eigenvalue weighted by Gasteiger charge is 2.50. The molecule has 4 atom stereocenters. The number of hydrogen-bond donors (Lipinski definition) is 2. The molecule has 9 heteroatoms. The molecule has 1 aromatic heterocycles. The molecule has 0 aliphatic carbocycles. The largest absolute Gasteiger partial charge is 0.441 e. The van der Waals surface area contributed by atoms with Gasteiger partial charge in [-0.25, -0.2) is 9.48 Å². The average Bonchev–Trinajstić information content (AvgIpc) is 3.39. The number of aromatic nitrogens is 3. The Morgan fingerprint density at radius 1 is 1.19 bits per heavy atom. The van der Waals surface area contributed by atoms with Gasteiger partial charge in [0.1, 0.15) is 30.5 Å². The summed E-state index contributed by atoms with van der Waals surface area (Å²) < 4.78 is 19.3. The first kappa shape index (κ1) is 21.7. The van der Waals surface area contributed by atoms with Gasteiger partial charge in [0.15, 0.2) is 6.10 Å². The molecule has 0 radical (unpaired) electrons. The van der Waals surface area contributed by atoms with E-state index in [2.05, 4.69) is 50.5 Å². The standard InChI is InChI=1S/C22H31N5O4/c1-22(2,3)14-6-8-15(9-7-14)23-21(28)31-18-13-30-19-17(12-29-20(18)19)27-11-16(24-25-27)10-26(4)5/h6-9,11,17-20H,10,12-13H2,1-5H3,(H,23,28)/p+1/t17-,18+,19+,20+/m0/s1. The number of nitrogens with zero attached hydrogens (tertiary/aromatic N) is 3. The van der Waals surface area contributed by atoms with E-state index in [4.69, 9.17) is 14.2 Å². The number of rotatable bonds is 5. The zero-order valence-electron chi connectivity index (χ0n) is 18.8. The number of amides is 1. The van der Waals surface area contributed by atoms with E-state index in [0.717, 1.165) is 12.2 Å². The second-order valence-electron chi connectivity index (χ2n) is 9.63. The molecule has 2 aliphatic heterocycles. The summed E-state index contributed by atoms with van der Waals surface area (Å²) in [7, 11) is 4.14. The Morgan fingerprint density at radius 3 is 2.58 bits per heavy atom. The summed E-state index contributed by atoms with van der Waals surface area (Å²) in [4.78, 5) is 13.7. The molecule has 2 saturated heterocycles. The molecule has 2 fully saturated rings. The van der Waals surface area contributed by atoms with Crippen molar-refractivity contribution in [3.8, 4) is 0 Å². The van der Waals surface area contributed by atoms with Gasteiger partial charge in [0.05, 0.1) is 33.5 Å². The monoisotopic (exact) mass is 430 g/mol. The number of ether oxygens (including phenoxy) is 3. The van der Waals surface area contributed by atoms with E-state index in [1.165, 1.54) is 10.5 Å². The maximum absolute atomic E-state index is 12.4. The fraction of sp³-hybridized carbons (Fsp3) is 0.591. The first-order valence-corrected chi connectivity index (χ1v) is 10.7. The summed E-state index contributed by atoms with van der Waals surface area (Å²) in [6.45, 7) is 7.99. The van der Waals surface area contributed by atoms with Gasteiger partial charge >= 0.3 is 6.09 Å². The van der Waals surface area contributed by atoms with Crippen molar-refractivity contribution in [3.63, 3.8) is 0 Å². The van der Waals surface area contributed by atoms with Crippen molar-refractivity contribution in [1.29, 1.82) is 0 Å². The third-order valence-corrected chi connectivity index (χ3v) is 5.67. The lowest BCUT2D eigenvalue weighted by Gasteiger charge is -2.20. The minimum absolute atomic E-state index is 0.0596. The van der Waals surface area contributed by atoms with Crippen LogP contribution < -0.4 is 10.2 Å². The lowest BCUT2D eigenvalue weighted by molar-refractivity contribution is -0.873. The molecule has 1 aromatic carbocycles. The van der Waals surface area contributed by atoms with Gasteiger partial charge in [-0.15, -0.1) is 5.10 Å². The topological polar surface area (TPSA) is 91.9 Å². The number of hydrogen-bond acceptors (Lipinski definition) is 6. The summed E-state index contributed by atoms with van der Waals surface area (Å²) in [6.07, 6.45) is 0.436. The van der Waals surface area contributed by atoms with E-state index in [-0.39, 0.29) is 23.7 Å². The highest BCUT2D eigenvalue weighted by molar-refractivity contribution is 5.84. The molecule has 2 N–H and O–H groups in total. The van der Waals surface area contributed by atoms with Gasteiger partial charge < -0.3 is 19.1 Å². The molecule has 3 heterocycles. The number of quaternary nitrogens is 1. The van der Waals surface area contributed by atoms with Crippen molar-refractivity contribution in [2.45, 2.75) is 57.1 Å². The number of fused-ring (bicyclic) bond motifs is 1. The van der Waals surface area contributed by atoms with Crippen molar-refractivity contribution >= 4 is 11.8 Å². The summed E-state index contributed by atoms with van der Waals surface area (Å²) in [5, 5.41) is 11.3. The SMILES string of the molecule is C[NH+](C)Cc1cn([C@H]2CO[C@H]3[C@@H]2OC[C@H]3OC(=O)Nc2ccc(C(C)(C)C)cc2)nn1. The lowest BCUT2D eigenvalue weighted by atomic mass is 9.87. The summed E-state index contributed by atoms with van der Waals surface area (Å²) in [5.41, 5.74) is 2.87. The Kier molecular flexibility index (Phi) is 6.00. The van der Waals surface area contributed by atoms with E-state index in [9.17, 15) is 4.79 Å². The van der Waals surface area contributed by atoms with E-state index >= 15 is 0 Å². The predicted octanol–water partition coefficient (Wildman–Crippen LogP) is 1.18. The zero-order valence-corrected chi connectivity index (χ0v) is 18.8. The van der Waals surface area contributed by atoms with Crippen LogP contribution in [0.5, 0.6) is 0 Å². The van der Waals surface area contributed by atoms with Gasteiger partial charge in [0.25, 0.3) is 0 Å². The van der Waals surface area contributed by atoms with Crippen LogP contribution in [0.25, 0.3) is 0 Å². The number of nitrogens with one attached hydrogen (secondary N) is 2. The normalized spacial score (nSPS) is 25.6. The van der Waals surface area contributed by atoms with Crippen LogP contribution in [-0.2, 0) is 26.2 Å². The number of carbonyl (C=O) groups excluding carboxylic acids is 1. The van der Waals surface area contributed by atoms with Crippen molar-refractivity contribution in [3.05, 3.63) is 41.7 Å². The minimum atomic E-state index is -0.512. The van der Waals surface area contributed by atoms with Crippen molar-refractivity contribution in [2.24, 2.45) is 0 Å². The molecular weight excluding hydrogens is 398 g/mol. The molecular formula is C22H32N5O4+. The molecule has 0 bridgehead atoms. The van der Waals surface area contributed by atoms with Crippen LogP contribution in [-0.4, -0.2) is 66.7 Å². The first-order chi connectivity index (χ1) is 14.7. The molecule has 2 aliphatic rings. The molecule has 9 nitrogen and oxygen atoms in total. The molecule has 2 aromatic rings. The van der Waals surface area contributed by atoms with Crippen LogP contribution in [0.1, 0.15) is 38.1 Å².